The summed E-state index contributed by atoms with van der Waals surface area (Å²) < 4.78 is 0. The zero-order valence-corrected chi connectivity index (χ0v) is 18.4. The molecular weight excluding hydrogens is 428 g/mol. The Balaban J connectivity index is 1.50. The summed E-state index contributed by atoms with van der Waals surface area (Å²) in [5, 5.41) is 10.4. The van der Waals surface area contributed by atoms with Gasteiger partial charge < -0.3 is 10.0 Å². The molecule has 1 aliphatic heterocycles. The lowest BCUT2D eigenvalue weighted by atomic mass is 9.81. The van der Waals surface area contributed by atoms with Gasteiger partial charge in [-0.25, -0.2) is 4.79 Å². The Morgan fingerprint density at radius 2 is 1.78 bits per heavy atom. The topological polar surface area (TPSA) is 77.0 Å². The molecule has 32 heavy (non-hydrogen) atoms. The van der Waals surface area contributed by atoms with Crippen molar-refractivity contribution in [2.45, 2.75) is 5.54 Å². The SMILES string of the molecule is O=C(O)N(CCN1CCN(c2ccncc2)CC1)[C@@]1(c2ccccc2)C=CC(Cl)=CC1=O. The largest absolute Gasteiger partial charge is 0.465 e. The van der Waals surface area contributed by atoms with Gasteiger partial charge in [0.2, 0.25) is 0 Å². The molecular formula is C24H25ClN4O3. The van der Waals surface area contributed by atoms with Crippen molar-refractivity contribution in [3.05, 3.63) is 83.7 Å². The Kier molecular flexibility index (Phi) is 6.58. The number of allylic oxidation sites excluding steroid dienone is 2. The van der Waals surface area contributed by atoms with Crippen molar-refractivity contribution in [2.75, 3.05) is 44.2 Å². The molecule has 8 heteroatoms. The minimum Gasteiger partial charge on any atom is -0.465 e. The van der Waals surface area contributed by atoms with Crippen molar-refractivity contribution in [3.63, 3.8) is 0 Å². The van der Waals surface area contributed by atoms with Gasteiger partial charge in [0.15, 0.2) is 11.3 Å². The van der Waals surface area contributed by atoms with Crippen molar-refractivity contribution in [1.29, 1.82) is 0 Å². The van der Waals surface area contributed by atoms with E-state index < -0.39 is 11.6 Å². The van der Waals surface area contributed by atoms with Crippen molar-refractivity contribution in [1.82, 2.24) is 14.8 Å². The van der Waals surface area contributed by atoms with Crippen LogP contribution in [0.15, 0.2) is 78.1 Å². The van der Waals surface area contributed by atoms with E-state index in [1.165, 1.54) is 11.0 Å². The van der Waals surface area contributed by atoms with Gasteiger partial charge in [-0.15, -0.1) is 0 Å². The summed E-state index contributed by atoms with van der Waals surface area (Å²) in [6, 6.07) is 13.0. The number of aromatic nitrogens is 1. The molecule has 0 spiro atoms. The van der Waals surface area contributed by atoms with E-state index in [9.17, 15) is 14.7 Å². The average Bonchev–Trinajstić information content (AvgIpc) is 2.82. The summed E-state index contributed by atoms with van der Waals surface area (Å²) >= 11 is 6.04. The van der Waals surface area contributed by atoms with Crippen LogP contribution in [0.2, 0.25) is 0 Å². The first-order valence-electron chi connectivity index (χ1n) is 10.5. The van der Waals surface area contributed by atoms with Gasteiger partial charge in [-0.2, -0.15) is 0 Å². The maximum atomic E-state index is 13.2. The van der Waals surface area contributed by atoms with Crippen molar-refractivity contribution in [3.8, 4) is 0 Å². The standard InChI is InChI=1S/C24H25ClN4O3/c25-20-6-9-24(22(30)18-20,19-4-2-1-3-5-19)29(23(31)32)17-14-27-12-15-28(16-13-27)21-7-10-26-11-8-21/h1-11,18H,12-17H2,(H,31,32)/t24-/m1/s1. The second kappa shape index (κ2) is 9.54. The molecule has 4 rings (SSSR count). The fraction of sp³-hybridized carbons (Fsp3) is 0.292. The van der Waals surface area contributed by atoms with Crippen LogP contribution in [0.4, 0.5) is 10.5 Å². The number of benzene rings is 1. The van der Waals surface area contributed by atoms with Crippen LogP contribution in [0, 0.1) is 0 Å². The van der Waals surface area contributed by atoms with Crippen molar-refractivity contribution >= 4 is 29.2 Å². The van der Waals surface area contributed by atoms with E-state index in [-0.39, 0.29) is 12.3 Å². The molecule has 1 aliphatic carbocycles. The van der Waals surface area contributed by atoms with Gasteiger partial charge in [-0.05, 0) is 29.8 Å². The van der Waals surface area contributed by atoms with Crippen LogP contribution in [0.1, 0.15) is 5.56 Å². The number of hydrogen-bond donors (Lipinski definition) is 1. The number of ketones is 1. The average molecular weight is 453 g/mol. The predicted molar refractivity (Wildman–Crippen MR) is 124 cm³/mol. The summed E-state index contributed by atoms with van der Waals surface area (Å²) in [4.78, 5) is 35.4. The van der Waals surface area contributed by atoms with Gasteiger partial charge in [0, 0.05) is 68.5 Å². The third-order valence-electron chi connectivity index (χ3n) is 6.04. The van der Waals surface area contributed by atoms with Crippen LogP contribution in [0.5, 0.6) is 0 Å². The zero-order chi connectivity index (χ0) is 22.6. The lowest BCUT2D eigenvalue weighted by Gasteiger charge is -2.42. The predicted octanol–water partition coefficient (Wildman–Crippen LogP) is 3.34. The van der Waals surface area contributed by atoms with Crippen LogP contribution < -0.4 is 4.90 Å². The first kappa shape index (κ1) is 22.0. The molecule has 1 N–H and O–H groups in total. The first-order chi connectivity index (χ1) is 15.5. The molecule has 0 radical (unpaired) electrons. The summed E-state index contributed by atoms with van der Waals surface area (Å²) in [5.74, 6) is -0.360. The maximum Gasteiger partial charge on any atom is 0.408 e. The molecule has 2 heterocycles. The fourth-order valence-corrected chi connectivity index (χ4v) is 4.49. The van der Waals surface area contributed by atoms with Gasteiger partial charge in [0.25, 0.3) is 0 Å². The molecule has 1 fully saturated rings. The Bertz CT molecular complexity index is 1020. The van der Waals surface area contributed by atoms with Gasteiger partial charge >= 0.3 is 6.09 Å². The number of rotatable bonds is 6. The van der Waals surface area contributed by atoms with E-state index in [2.05, 4.69) is 14.8 Å². The number of anilines is 1. The number of carbonyl (C=O) groups is 2. The molecule has 1 amide bonds. The van der Waals surface area contributed by atoms with E-state index in [1.54, 1.807) is 48.8 Å². The highest BCUT2D eigenvalue weighted by molar-refractivity contribution is 6.33. The Morgan fingerprint density at radius 3 is 2.41 bits per heavy atom. The molecule has 166 valence electrons. The molecule has 1 aromatic carbocycles. The number of piperazine rings is 1. The van der Waals surface area contributed by atoms with Crippen LogP contribution in [0.3, 0.4) is 0 Å². The third-order valence-corrected chi connectivity index (χ3v) is 6.27. The monoisotopic (exact) mass is 452 g/mol. The van der Waals surface area contributed by atoms with Gasteiger partial charge in [-0.1, -0.05) is 41.9 Å². The quantitative estimate of drug-likeness (QED) is 0.724. The van der Waals surface area contributed by atoms with Gasteiger partial charge in [-0.3, -0.25) is 19.6 Å². The van der Waals surface area contributed by atoms with Crippen LogP contribution >= 0.6 is 11.6 Å². The second-order valence-electron chi connectivity index (χ2n) is 7.83. The molecule has 1 atom stereocenters. The smallest absolute Gasteiger partial charge is 0.408 e. The summed E-state index contributed by atoms with van der Waals surface area (Å²) in [5.41, 5.74) is 0.313. The molecule has 0 unspecified atom stereocenters. The van der Waals surface area contributed by atoms with Gasteiger partial charge in [0.05, 0.1) is 0 Å². The van der Waals surface area contributed by atoms with E-state index in [1.807, 2.05) is 18.2 Å². The molecule has 2 aliphatic rings. The van der Waals surface area contributed by atoms with E-state index in [0.717, 1.165) is 31.9 Å². The number of carbonyl (C=O) groups excluding carboxylic acids is 1. The lowest BCUT2D eigenvalue weighted by molar-refractivity contribution is -0.123. The van der Waals surface area contributed by atoms with E-state index >= 15 is 0 Å². The molecule has 0 bridgehead atoms. The summed E-state index contributed by atoms with van der Waals surface area (Å²) in [6.45, 7) is 4.04. The molecule has 7 nitrogen and oxygen atoms in total. The molecule has 1 saturated heterocycles. The highest BCUT2D eigenvalue weighted by atomic mass is 35.5. The minimum atomic E-state index is -1.43. The molecule has 0 saturated carbocycles. The number of nitrogens with zero attached hydrogens (tertiary/aromatic N) is 4. The first-order valence-corrected chi connectivity index (χ1v) is 10.9. The Labute approximate surface area is 192 Å². The molecule has 1 aromatic heterocycles. The third kappa shape index (κ3) is 4.40. The Hall–Kier alpha value is -3.16. The number of pyridine rings is 1. The fourth-order valence-electron chi connectivity index (χ4n) is 4.32. The second-order valence-corrected chi connectivity index (χ2v) is 8.26. The zero-order valence-electron chi connectivity index (χ0n) is 17.6. The van der Waals surface area contributed by atoms with Gasteiger partial charge in [0.1, 0.15) is 0 Å². The van der Waals surface area contributed by atoms with E-state index in [4.69, 9.17) is 11.6 Å². The Morgan fingerprint density at radius 1 is 1.09 bits per heavy atom. The summed E-state index contributed by atoms with van der Waals surface area (Å²) in [6.07, 6.45) is 6.92. The molecule has 2 aromatic rings. The normalized spacial score (nSPS) is 21.3. The van der Waals surface area contributed by atoms with E-state index in [0.29, 0.717) is 17.1 Å². The van der Waals surface area contributed by atoms with Crippen molar-refractivity contribution in [2.24, 2.45) is 0 Å². The highest BCUT2D eigenvalue weighted by Gasteiger charge is 2.46. The van der Waals surface area contributed by atoms with Crippen LogP contribution in [-0.2, 0) is 10.3 Å². The number of halogens is 1. The van der Waals surface area contributed by atoms with Crippen LogP contribution in [0.25, 0.3) is 0 Å². The lowest BCUT2D eigenvalue weighted by Crippen LogP contribution is -2.56. The maximum absolute atomic E-state index is 13.2. The van der Waals surface area contributed by atoms with Crippen LogP contribution in [-0.4, -0.2) is 71.0 Å². The highest BCUT2D eigenvalue weighted by Crippen LogP contribution is 2.36. The number of carboxylic acid groups (broad SMARTS) is 1. The minimum absolute atomic E-state index is 0.195. The van der Waals surface area contributed by atoms with Crippen molar-refractivity contribution < 1.29 is 14.7 Å². The summed E-state index contributed by atoms with van der Waals surface area (Å²) in [7, 11) is 0. The number of amides is 1. The number of hydrogen-bond acceptors (Lipinski definition) is 5.